The summed E-state index contributed by atoms with van der Waals surface area (Å²) < 4.78 is 28.1. The molecule has 0 spiro atoms. The lowest BCUT2D eigenvalue weighted by molar-refractivity contribution is 0.612. The Balaban J connectivity index is 0.000000149. The monoisotopic (exact) mass is 498 g/mol. The maximum absolute atomic E-state index is 14.1. The number of nitrogens with two attached hydrogens (primary N) is 1. The zero-order valence-corrected chi connectivity index (χ0v) is 20.4. The number of aromatic nitrogens is 2. The van der Waals surface area contributed by atoms with E-state index in [0.29, 0.717) is 0 Å². The lowest BCUT2D eigenvalue weighted by Crippen LogP contribution is -2.00. The van der Waals surface area contributed by atoms with E-state index in [4.69, 9.17) is 11.0 Å². The average molecular weight is 499 g/mol. The number of fused-ring (bicyclic) bond motifs is 2. The molecule has 0 saturated heterocycles. The third kappa shape index (κ3) is 4.57. The van der Waals surface area contributed by atoms with Gasteiger partial charge >= 0.3 is 0 Å². The van der Waals surface area contributed by atoms with E-state index in [0.717, 1.165) is 105 Å². The molecule has 2 aromatic heterocycles. The molecular formula is C29H24F2N4S. The van der Waals surface area contributed by atoms with Crippen LogP contribution in [0.3, 0.4) is 0 Å². The molecule has 2 heterocycles. The lowest BCUT2D eigenvalue weighted by atomic mass is 9.98. The van der Waals surface area contributed by atoms with Gasteiger partial charge in [0.25, 0.3) is 0 Å². The van der Waals surface area contributed by atoms with Gasteiger partial charge in [0.15, 0.2) is 0 Å². The van der Waals surface area contributed by atoms with E-state index in [9.17, 15) is 8.78 Å². The molecule has 0 unspecified atom stereocenters. The Morgan fingerprint density at radius 3 is 1.78 bits per heavy atom. The molecular weight excluding hydrogens is 474 g/mol. The summed E-state index contributed by atoms with van der Waals surface area (Å²) in [5.41, 5.74) is 13.9. The molecule has 4 aromatic rings. The molecule has 0 aliphatic heterocycles. The number of thiocyanates is 1. The highest BCUT2D eigenvalue weighted by Crippen LogP contribution is 2.41. The number of hydrogen-bond donors (Lipinski definition) is 1. The molecule has 6 rings (SSSR count). The molecule has 180 valence electrons. The quantitative estimate of drug-likeness (QED) is 0.189. The molecule has 0 radical (unpaired) electrons. The molecule has 2 N–H and O–H groups in total. The van der Waals surface area contributed by atoms with Gasteiger partial charge in [0.2, 0.25) is 0 Å². The zero-order chi connectivity index (χ0) is 25.1. The first-order valence-corrected chi connectivity index (χ1v) is 12.7. The number of nitrogens with zero attached hydrogens (tertiary/aromatic N) is 3. The van der Waals surface area contributed by atoms with Crippen molar-refractivity contribution in [1.82, 2.24) is 9.97 Å². The van der Waals surface area contributed by atoms with Crippen molar-refractivity contribution in [1.29, 1.82) is 5.26 Å². The molecule has 2 aromatic carbocycles. The van der Waals surface area contributed by atoms with Crippen LogP contribution in [0.1, 0.15) is 35.1 Å². The number of nitrogen functional groups attached to an aromatic ring is 1. The topological polar surface area (TPSA) is 75.6 Å². The van der Waals surface area contributed by atoms with Gasteiger partial charge in [-0.1, -0.05) is 0 Å². The van der Waals surface area contributed by atoms with Gasteiger partial charge in [-0.2, -0.15) is 5.26 Å². The fourth-order valence-corrected chi connectivity index (χ4v) is 5.86. The number of anilines is 1. The van der Waals surface area contributed by atoms with E-state index in [1.54, 1.807) is 36.9 Å². The van der Waals surface area contributed by atoms with Gasteiger partial charge in [-0.15, -0.1) is 0 Å². The summed E-state index contributed by atoms with van der Waals surface area (Å²) >= 11 is 1.13. The van der Waals surface area contributed by atoms with Gasteiger partial charge in [-0.25, -0.2) is 8.78 Å². The van der Waals surface area contributed by atoms with Crippen molar-refractivity contribution in [2.75, 3.05) is 5.73 Å². The van der Waals surface area contributed by atoms with Crippen molar-refractivity contribution in [2.24, 2.45) is 0 Å². The molecule has 0 bridgehead atoms. The van der Waals surface area contributed by atoms with Crippen molar-refractivity contribution < 1.29 is 8.78 Å². The zero-order valence-electron chi connectivity index (χ0n) is 19.6. The second kappa shape index (κ2) is 10.5. The first-order chi connectivity index (χ1) is 17.6. The largest absolute Gasteiger partial charge is 0.398 e. The van der Waals surface area contributed by atoms with Gasteiger partial charge < -0.3 is 5.73 Å². The van der Waals surface area contributed by atoms with Crippen LogP contribution in [0.2, 0.25) is 0 Å². The fraction of sp³-hybridized carbons (Fsp3) is 0.207. The Morgan fingerprint density at radius 2 is 1.19 bits per heavy atom. The summed E-state index contributed by atoms with van der Waals surface area (Å²) in [5.74, 6) is -0.278. The number of halogens is 2. The Morgan fingerprint density at radius 1 is 0.722 bits per heavy atom. The number of nitriles is 1. The number of rotatable bonds is 3. The van der Waals surface area contributed by atoms with E-state index in [-0.39, 0.29) is 11.6 Å². The van der Waals surface area contributed by atoms with E-state index >= 15 is 0 Å². The minimum atomic E-state index is -0.151. The normalized spacial score (nSPS) is 13.4. The molecule has 0 amide bonds. The van der Waals surface area contributed by atoms with Crippen molar-refractivity contribution in [2.45, 2.75) is 43.4 Å². The predicted molar refractivity (Wildman–Crippen MR) is 139 cm³/mol. The summed E-state index contributed by atoms with van der Waals surface area (Å²) in [7, 11) is 0. The number of benzene rings is 2. The molecule has 2 aliphatic rings. The molecule has 7 heteroatoms. The van der Waals surface area contributed by atoms with E-state index in [1.165, 1.54) is 0 Å². The van der Waals surface area contributed by atoms with Crippen LogP contribution in [0.25, 0.3) is 22.3 Å². The van der Waals surface area contributed by atoms with E-state index in [1.807, 2.05) is 24.3 Å². The van der Waals surface area contributed by atoms with Gasteiger partial charge in [0.05, 0.1) is 0 Å². The standard InChI is InChI=1S/C15H11FN2S.C14H13FN2/c16-14-8-13(10-4-6-18-7-5-10)15(19-9-17)12-3-1-2-11(12)14;15-13-8-12(9-4-6-17-7-5-9)14(16)11-3-1-2-10(11)13/h4-8H,1-3H2;4-8H,1-3,16H2. The van der Waals surface area contributed by atoms with Crippen LogP contribution in [0.4, 0.5) is 14.5 Å². The second-order valence-corrected chi connectivity index (χ2v) is 9.64. The van der Waals surface area contributed by atoms with Gasteiger partial charge in [-0.05, 0) is 126 Å². The minimum absolute atomic E-state index is 0.126. The highest BCUT2D eigenvalue weighted by molar-refractivity contribution is 8.03. The van der Waals surface area contributed by atoms with E-state index < -0.39 is 0 Å². The molecule has 0 saturated carbocycles. The first-order valence-electron chi connectivity index (χ1n) is 11.9. The van der Waals surface area contributed by atoms with Crippen LogP contribution in [0.15, 0.2) is 66.1 Å². The maximum Gasteiger partial charge on any atom is 0.138 e. The van der Waals surface area contributed by atoms with Crippen LogP contribution in [0, 0.1) is 22.3 Å². The lowest BCUT2D eigenvalue weighted by Gasteiger charge is -2.12. The number of hydrogen-bond acceptors (Lipinski definition) is 5. The van der Waals surface area contributed by atoms with Crippen molar-refractivity contribution >= 4 is 17.4 Å². The molecule has 4 nitrogen and oxygen atoms in total. The highest BCUT2D eigenvalue weighted by atomic mass is 32.2. The summed E-state index contributed by atoms with van der Waals surface area (Å²) in [6.07, 6.45) is 12.0. The van der Waals surface area contributed by atoms with Crippen molar-refractivity contribution in [3.63, 3.8) is 0 Å². The third-order valence-electron chi connectivity index (χ3n) is 6.82. The Kier molecular flexibility index (Phi) is 6.97. The van der Waals surface area contributed by atoms with Gasteiger partial charge in [-0.3, -0.25) is 9.97 Å². The van der Waals surface area contributed by atoms with Crippen molar-refractivity contribution in [3.8, 4) is 27.7 Å². The molecule has 2 aliphatic carbocycles. The fourth-order valence-electron chi connectivity index (χ4n) is 5.14. The Labute approximate surface area is 213 Å². The summed E-state index contributed by atoms with van der Waals surface area (Å²) in [6.45, 7) is 0. The first kappa shape index (κ1) is 24.0. The highest BCUT2D eigenvalue weighted by Gasteiger charge is 2.23. The van der Waals surface area contributed by atoms with Crippen LogP contribution < -0.4 is 5.73 Å². The second-order valence-electron chi connectivity index (χ2n) is 8.84. The maximum atomic E-state index is 14.1. The van der Waals surface area contributed by atoms with Crippen molar-refractivity contribution in [3.05, 3.63) is 95.1 Å². The van der Waals surface area contributed by atoms with Gasteiger partial charge in [0.1, 0.15) is 17.0 Å². The van der Waals surface area contributed by atoms with E-state index in [2.05, 4.69) is 15.4 Å². The van der Waals surface area contributed by atoms with Crippen LogP contribution in [-0.4, -0.2) is 9.97 Å². The predicted octanol–water partition coefficient (Wildman–Crippen LogP) is 6.91. The third-order valence-corrected chi connectivity index (χ3v) is 7.58. The minimum Gasteiger partial charge on any atom is -0.398 e. The molecule has 0 fully saturated rings. The molecule has 36 heavy (non-hydrogen) atoms. The molecule has 0 atom stereocenters. The van der Waals surface area contributed by atoms with Crippen LogP contribution in [-0.2, 0) is 25.7 Å². The van der Waals surface area contributed by atoms with Crippen LogP contribution >= 0.6 is 11.8 Å². The number of pyridine rings is 2. The Bertz CT molecular complexity index is 1450. The average Bonchev–Trinajstić information content (AvgIpc) is 3.61. The van der Waals surface area contributed by atoms with Crippen LogP contribution in [0.5, 0.6) is 0 Å². The van der Waals surface area contributed by atoms with Gasteiger partial charge in [0, 0.05) is 40.9 Å². The smallest absolute Gasteiger partial charge is 0.138 e. The number of thioether (sulfide) groups is 1. The Hall–Kier alpha value is -3.76. The summed E-state index contributed by atoms with van der Waals surface area (Å²) in [5, 5.41) is 11.1. The summed E-state index contributed by atoms with van der Waals surface area (Å²) in [4.78, 5) is 8.84. The summed E-state index contributed by atoms with van der Waals surface area (Å²) in [6, 6.07) is 10.5. The SMILES string of the molecule is N#CSc1c(-c2ccncc2)cc(F)c2c1CCC2.Nc1c(-c2ccncc2)cc(F)c2c1CCC2.